The van der Waals surface area contributed by atoms with Gasteiger partial charge in [-0.1, -0.05) is 66.2 Å². The number of hydrogen-bond acceptors (Lipinski definition) is 9. The quantitative estimate of drug-likeness (QED) is 0.112. The molecular formula is C48H105N9. The molecule has 0 bridgehead atoms. The van der Waals surface area contributed by atoms with Crippen LogP contribution in [0.5, 0.6) is 0 Å². The predicted molar refractivity (Wildman–Crippen MR) is 252 cm³/mol. The lowest BCUT2D eigenvalue weighted by Gasteiger charge is -2.48. The van der Waals surface area contributed by atoms with E-state index in [2.05, 4.69) is 198 Å². The minimum atomic E-state index is -0.00391. The molecule has 0 saturated heterocycles. The second-order valence-electron chi connectivity index (χ2n) is 21.3. The molecular weight excluding hydrogens is 703 g/mol. The van der Waals surface area contributed by atoms with Crippen molar-refractivity contribution < 1.29 is 0 Å². The second-order valence-corrected chi connectivity index (χ2v) is 21.3. The minimum absolute atomic E-state index is 0.00274. The van der Waals surface area contributed by atoms with E-state index in [1.807, 2.05) is 0 Å². The average Bonchev–Trinajstić information content (AvgIpc) is 3.92. The first-order valence-corrected chi connectivity index (χ1v) is 23.5. The molecule has 3 fully saturated rings. The molecule has 9 heteroatoms. The Balaban J connectivity index is 0.000000428. The first-order chi connectivity index (χ1) is 26.3. The molecule has 3 aliphatic carbocycles. The van der Waals surface area contributed by atoms with Gasteiger partial charge in [0.2, 0.25) is 0 Å². The summed E-state index contributed by atoms with van der Waals surface area (Å²) < 4.78 is 0. The molecule has 3 aliphatic rings. The molecule has 9 nitrogen and oxygen atoms in total. The Morgan fingerprint density at radius 1 is 0.421 bits per heavy atom. The molecule has 342 valence electrons. The Kier molecular flexibility index (Phi) is 23.9. The Morgan fingerprint density at radius 2 is 0.719 bits per heavy atom. The van der Waals surface area contributed by atoms with E-state index >= 15 is 0 Å². The monoisotopic (exact) mass is 808 g/mol. The van der Waals surface area contributed by atoms with Crippen molar-refractivity contribution >= 4 is 0 Å². The van der Waals surface area contributed by atoms with E-state index in [1.54, 1.807) is 0 Å². The number of nitrogens with zero attached hydrogens (tertiary/aromatic N) is 9. The van der Waals surface area contributed by atoms with Gasteiger partial charge < -0.3 is 0 Å². The third-order valence-electron chi connectivity index (χ3n) is 16.4. The standard InChI is InChI=1S/C17H37N3.C16H35N3.C15H33N3/c1-14(2)16-10-9-15(13-16)11-12-20(8)17(3,18(4)5)19(6)7;1-8-14-9-10-15(13-14)11-12-19(7)16(2,17(3)4)18(5)6;1-13-8-9-14(12-13)10-11-18(7)15(2,16(3)4)17(5)6/h14-16H,9-13H2,1-8H3;14-15H,8-13H2,1-7H3;13-14H,8-12H2,1-7H3. The summed E-state index contributed by atoms with van der Waals surface area (Å²) in [6.07, 6.45) is 18.5. The molecule has 57 heavy (non-hydrogen) atoms. The zero-order valence-electron chi connectivity index (χ0n) is 42.9. The molecule has 6 atom stereocenters. The van der Waals surface area contributed by atoms with Crippen LogP contribution in [0.3, 0.4) is 0 Å². The summed E-state index contributed by atoms with van der Waals surface area (Å²) in [6.45, 7) is 20.0. The summed E-state index contributed by atoms with van der Waals surface area (Å²) in [5.41, 5.74) is 0. The highest BCUT2D eigenvalue weighted by atomic mass is 15.5. The molecule has 0 aromatic heterocycles. The smallest absolute Gasteiger partial charge is 0.126 e. The van der Waals surface area contributed by atoms with E-state index in [0.717, 1.165) is 41.4 Å². The van der Waals surface area contributed by atoms with Gasteiger partial charge in [0, 0.05) is 19.6 Å². The van der Waals surface area contributed by atoms with Crippen molar-refractivity contribution in [1.29, 1.82) is 0 Å². The van der Waals surface area contributed by atoms with Crippen molar-refractivity contribution in [2.24, 2.45) is 41.4 Å². The summed E-state index contributed by atoms with van der Waals surface area (Å²) in [7, 11) is 32.7. The van der Waals surface area contributed by atoms with Crippen LogP contribution in [0.4, 0.5) is 0 Å². The zero-order chi connectivity index (χ0) is 44.1. The van der Waals surface area contributed by atoms with Crippen LogP contribution in [0.15, 0.2) is 0 Å². The van der Waals surface area contributed by atoms with Crippen molar-refractivity contribution in [3.8, 4) is 0 Å². The largest absolute Gasteiger partial charge is 0.279 e. The van der Waals surface area contributed by atoms with E-state index in [9.17, 15) is 0 Å². The Labute approximate surface area is 359 Å². The van der Waals surface area contributed by atoms with Crippen LogP contribution >= 0.6 is 0 Å². The maximum atomic E-state index is 2.50. The van der Waals surface area contributed by atoms with Gasteiger partial charge in [-0.2, -0.15) is 0 Å². The molecule has 0 spiro atoms. The van der Waals surface area contributed by atoms with Crippen LogP contribution in [-0.4, -0.2) is 187 Å². The van der Waals surface area contributed by atoms with E-state index in [0.29, 0.717) is 0 Å². The van der Waals surface area contributed by atoms with Gasteiger partial charge >= 0.3 is 0 Å². The highest BCUT2D eigenvalue weighted by Gasteiger charge is 2.37. The van der Waals surface area contributed by atoms with Crippen molar-refractivity contribution in [1.82, 2.24) is 44.1 Å². The third-order valence-corrected chi connectivity index (χ3v) is 16.4. The number of hydrogen-bond donors (Lipinski definition) is 0. The molecule has 6 unspecified atom stereocenters. The Hall–Kier alpha value is -0.360. The lowest BCUT2D eigenvalue weighted by atomic mass is 9.92. The summed E-state index contributed by atoms with van der Waals surface area (Å²) in [6, 6.07) is 0. The summed E-state index contributed by atoms with van der Waals surface area (Å²) in [5, 5.41) is 0. The van der Waals surface area contributed by atoms with Gasteiger partial charge in [-0.3, -0.25) is 44.1 Å². The topological polar surface area (TPSA) is 29.2 Å². The molecule has 3 rings (SSSR count). The highest BCUT2D eigenvalue weighted by molar-refractivity contribution is 4.84. The van der Waals surface area contributed by atoms with Gasteiger partial charge in [0.15, 0.2) is 0 Å². The van der Waals surface area contributed by atoms with Crippen molar-refractivity contribution in [3.63, 3.8) is 0 Å². The Bertz CT molecular complexity index is 1030. The minimum Gasteiger partial charge on any atom is -0.279 e. The van der Waals surface area contributed by atoms with Crippen LogP contribution < -0.4 is 0 Å². The second kappa shape index (κ2) is 24.9. The summed E-state index contributed by atoms with van der Waals surface area (Å²) >= 11 is 0. The SMILES string of the molecule is CC(C)C1CCC(CCN(C)C(C)(N(C)C)N(C)C)C1.CC1CCC(CCN(C)C(C)(N(C)C)N(C)C)C1.CCC1CCC(CCN(C)C(C)(N(C)C)N(C)C)C1. The van der Waals surface area contributed by atoms with Crippen LogP contribution in [0.25, 0.3) is 0 Å². The maximum Gasteiger partial charge on any atom is 0.126 e. The number of rotatable bonds is 20. The first kappa shape index (κ1) is 54.7. The van der Waals surface area contributed by atoms with E-state index in [1.165, 1.54) is 103 Å². The van der Waals surface area contributed by atoms with Crippen LogP contribution in [0.1, 0.15) is 132 Å². The Morgan fingerprint density at radius 3 is 0.982 bits per heavy atom. The van der Waals surface area contributed by atoms with Crippen molar-refractivity contribution in [2.45, 2.75) is 149 Å². The van der Waals surface area contributed by atoms with Crippen molar-refractivity contribution in [2.75, 3.05) is 125 Å². The normalized spacial score (nSPS) is 25.1. The molecule has 0 radical (unpaired) electrons. The molecule has 0 aromatic carbocycles. The van der Waals surface area contributed by atoms with E-state index in [4.69, 9.17) is 0 Å². The van der Waals surface area contributed by atoms with Gasteiger partial charge in [0.25, 0.3) is 0 Å². The molecule has 0 heterocycles. The molecule has 0 aromatic rings. The molecule has 0 amide bonds. The van der Waals surface area contributed by atoms with Crippen molar-refractivity contribution in [3.05, 3.63) is 0 Å². The summed E-state index contributed by atoms with van der Waals surface area (Å²) in [5.74, 6) is 6.66. The fraction of sp³-hybridized carbons (Fsp3) is 1.00. The molecule has 3 saturated carbocycles. The van der Waals surface area contributed by atoms with Gasteiger partial charge in [-0.25, -0.2) is 0 Å². The van der Waals surface area contributed by atoms with Gasteiger partial charge in [0.1, 0.15) is 17.4 Å². The van der Waals surface area contributed by atoms with E-state index in [-0.39, 0.29) is 17.4 Å². The van der Waals surface area contributed by atoms with Crippen LogP contribution in [0, 0.1) is 41.4 Å². The molecule has 0 aliphatic heterocycles. The zero-order valence-corrected chi connectivity index (χ0v) is 42.9. The first-order valence-electron chi connectivity index (χ1n) is 23.5. The molecule has 0 N–H and O–H groups in total. The fourth-order valence-electron chi connectivity index (χ4n) is 10.4. The highest BCUT2D eigenvalue weighted by Crippen LogP contribution is 2.38. The van der Waals surface area contributed by atoms with Gasteiger partial charge in [-0.15, -0.1) is 0 Å². The summed E-state index contributed by atoms with van der Waals surface area (Å²) in [4.78, 5) is 21.3. The lowest BCUT2D eigenvalue weighted by molar-refractivity contribution is -0.106. The third kappa shape index (κ3) is 15.5. The predicted octanol–water partition coefficient (Wildman–Crippen LogP) is 8.65. The van der Waals surface area contributed by atoms with E-state index < -0.39 is 0 Å². The fourth-order valence-corrected chi connectivity index (χ4v) is 10.4. The maximum absolute atomic E-state index is 2.50. The van der Waals surface area contributed by atoms with Crippen LogP contribution in [-0.2, 0) is 0 Å². The average molecular weight is 808 g/mol. The van der Waals surface area contributed by atoms with Gasteiger partial charge in [-0.05, 0) is 213 Å². The lowest BCUT2D eigenvalue weighted by Crippen LogP contribution is -2.63. The van der Waals surface area contributed by atoms with Gasteiger partial charge in [0.05, 0.1) is 0 Å². The van der Waals surface area contributed by atoms with Crippen LogP contribution in [0.2, 0.25) is 0 Å².